The predicted molar refractivity (Wildman–Crippen MR) is 93.0 cm³/mol. The molecule has 0 N–H and O–H groups in total. The van der Waals surface area contributed by atoms with E-state index in [1.165, 1.54) is 32.8 Å². The van der Waals surface area contributed by atoms with E-state index in [0.717, 1.165) is 38.6 Å². The van der Waals surface area contributed by atoms with E-state index in [1.807, 2.05) is 12.0 Å². The largest absolute Gasteiger partial charge is 0.469 e. The number of piperidine rings is 1. The average molecular weight is 365 g/mol. The lowest BCUT2D eigenvalue weighted by Gasteiger charge is -2.51. The third-order valence-corrected chi connectivity index (χ3v) is 7.73. The Morgan fingerprint density at radius 2 is 1.73 bits per heavy atom. The number of hydroxylamine groups is 2. The zero-order valence-electron chi connectivity index (χ0n) is 15.9. The summed E-state index contributed by atoms with van der Waals surface area (Å²) < 4.78 is 18.4. The number of nitrogens with zero attached hydrogens (tertiary/aromatic N) is 1. The van der Waals surface area contributed by atoms with Crippen LogP contribution in [0.15, 0.2) is 0 Å². The summed E-state index contributed by atoms with van der Waals surface area (Å²) in [5.41, 5.74) is 0.200. The molecule has 3 heterocycles. The third-order valence-electron chi connectivity index (χ3n) is 7.73. The molecule has 5 fully saturated rings. The molecule has 0 radical (unpaired) electrons. The van der Waals surface area contributed by atoms with Crippen molar-refractivity contribution in [1.29, 1.82) is 0 Å². The Labute approximate surface area is 155 Å². The maximum Gasteiger partial charge on any atom is 0.313 e. The molecule has 1 spiro atoms. The average Bonchev–Trinajstić information content (AvgIpc) is 3.34. The molecule has 0 aromatic carbocycles. The van der Waals surface area contributed by atoms with E-state index in [2.05, 4.69) is 0 Å². The Balaban J connectivity index is 1.46. The molecule has 2 aliphatic carbocycles. The van der Waals surface area contributed by atoms with Gasteiger partial charge < -0.3 is 14.2 Å². The van der Waals surface area contributed by atoms with Crippen molar-refractivity contribution >= 4 is 5.97 Å². The highest BCUT2D eigenvalue weighted by atomic mass is 16.8. The number of hydrogen-bond acceptors (Lipinski definition) is 6. The minimum atomic E-state index is -0.885. The maximum absolute atomic E-state index is 12.7. The van der Waals surface area contributed by atoms with E-state index < -0.39 is 11.9 Å². The first kappa shape index (κ1) is 17.4. The van der Waals surface area contributed by atoms with Gasteiger partial charge in [0, 0.05) is 12.0 Å². The monoisotopic (exact) mass is 365 g/mol. The number of rotatable bonds is 2. The van der Waals surface area contributed by atoms with Gasteiger partial charge in [0.05, 0.1) is 25.4 Å². The molecule has 0 bridgehead atoms. The molecule has 0 unspecified atom stereocenters. The van der Waals surface area contributed by atoms with Crippen LogP contribution in [-0.4, -0.2) is 54.8 Å². The van der Waals surface area contributed by atoms with Crippen LogP contribution in [0.4, 0.5) is 0 Å². The molecular formula is C20H31NO5. The van der Waals surface area contributed by atoms with Gasteiger partial charge in [-0.15, -0.1) is 0 Å². The Morgan fingerprint density at radius 1 is 1.04 bits per heavy atom. The van der Waals surface area contributed by atoms with Crippen molar-refractivity contribution in [3.8, 4) is 0 Å². The van der Waals surface area contributed by atoms with Crippen LogP contribution in [-0.2, 0) is 23.8 Å². The summed E-state index contributed by atoms with van der Waals surface area (Å²) >= 11 is 0. The van der Waals surface area contributed by atoms with Crippen LogP contribution in [0.5, 0.6) is 0 Å². The van der Waals surface area contributed by atoms with Crippen molar-refractivity contribution in [2.45, 2.75) is 94.9 Å². The van der Waals surface area contributed by atoms with Crippen molar-refractivity contribution in [2.24, 2.45) is 11.3 Å². The SMILES string of the molecule is COC(=O)[C@H]1[C@H](C2(C)O[C@@H]3CCCC34CCC[C@H]4O2)ON2CCCC[C@@H]12. The molecule has 5 rings (SSSR count). The van der Waals surface area contributed by atoms with Gasteiger partial charge in [-0.3, -0.25) is 9.63 Å². The highest BCUT2D eigenvalue weighted by Gasteiger charge is 2.65. The molecule has 3 aliphatic heterocycles. The second kappa shape index (κ2) is 6.16. The fraction of sp³-hybridized carbons (Fsp3) is 0.950. The van der Waals surface area contributed by atoms with Crippen molar-refractivity contribution in [3.63, 3.8) is 0 Å². The van der Waals surface area contributed by atoms with Gasteiger partial charge in [0.2, 0.25) is 0 Å². The van der Waals surface area contributed by atoms with E-state index in [1.54, 1.807) is 0 Å². The number of hydrogen-bond donors (Lipinski definition) is 0. The summed E-state index contributed by atoms with van der Waals surface area (Å²) in [5.74, 6) is -1.43. The van der Waals surface area contributed by atoms with Gasteiger partial charge >= 0.3 is 5.97 Å². The Morgan fingerprint density at radius 3 is 2.38 bits per heavy atom. The molecule has 0 aromatic heterocycles. The smallest absolute Gasteiger partial charge is 0.313 e. The number of fused-ring (bicyclic) bond motifs is 1. The predicted octanol–water partition coefficient (Wildman–Crippen LogP) is 2.80. The third kappa shape index (κ3) is 2.35. The lowest BCUT2D eigenvalue weighted by atomic mass is 9.78. The molecular weight excluding hydrogens is 334 g/mol. The van der Waals surface area contributed by atoms with E-state index in [0.29, 0.717) is 0 Å². The zero-order valence-corrected chi connectivity index (χ0v) is 15.9. The second-order valence-corrected chi connectivity index (χ2v) is 9.03. The lowest BCUT2D eigenvalue weighted by molar-refractivity contribution is -0.386. The van der Waals surface area contributed by atoms with Crippen molar-refractivity contribution < 1.29 is 23.8 Å². The first-order valence-electron chi connectivity index (χ1n) is 10.4. The first-order chi connectivity index (χ1) is 12.6. The van der Waals surface area contributed by atoms with Gasteiger partial charge in [-0.1, -0.05) is 19.3 Å². The highest BCUT2D eigenvalue weighted by molar-refractivity contribution is 5.74. The van der Waals surface area contributed by atoms with Gasteiger partial charge in [0.1, 0.15) is 12.0 Å². The van der Waals surface area contributed by atoms with Crippen LogP contribution < -0.4 is 0 Å². The summed E-state index contributed by atoms with van der Waals surface area (Å²) in [4.78, 5) is 19.0. The highest BCUT2D eigenvalue weighted by Crippen LogP contribution is 2.59. The summed E-state index contributed by atoms with van der Waals surface area (Å²) in [7, 11) is 1.47. The van der Waals surface area contributed by atoms with E-state index >= 15 is 0 Å². The zero-order chi connectivity index (χ0) is 17.9. The number of esters is 1. The van der Waals surface area contributed by atoms with Crippen LogP contribution in [0.1, 0.15) is 64.7 Å². The Hall–Kier alpha value is -0.690. The molecule has 6 nitrogen and oxygen atoms in total. The van der Waals surface area contributed by atoms with Gasteiger partial charge in [0.15, 0.2) is 5.79 Å². The molecule has 5 atom stereocenters. The van der Waals surface area contributed by atoms with Gasteiger partial charge in [0.25, 0.3) is 0 Å². The molecule has 26 heavy (non-hydrogen) atoms. The second-order valence-electron chi connectivity index (χ2n) is 9.03. The fourth-order valence-electron chi connectivity index (χ4n) is 6.54. The first-order valence-corrected chi connectivity index (χ1v) is 10.4. The van der Waals surface area contributed by atoms with Crippen LogP contribution in [0.3, 0.4) is 0 Å². The van der Waals surface area contributed by atoms with Crippen molar-refractivity contribution in [1.82, 2.24) is 5.06 Å². The normalized spacial score (nSPS) is 50.9. The Bertz CT molecular complexity index is 559. The topological polar surface area (TPSA) is 57.2 Å². The summed E-state index contributed by atoms with van der Waals surface area (Å²) in [6, 6.07) is 0.0732. The van der Waals surface area contributed by atoms with Gasteiger partial charge in [-0.25, -0.2) is 0 Å². The van der Waals surface area contributed by atoms with Crippen molar-refractivity contribution in [2.75, 3.05) is 13.7 Å². The molecule has 5 aliphatic rings. The van der Waals surface area contributed by atoms with E-state index in [4.69, 9.17) is 19.0 Å². The quantitative estimate of drug-likeness (QED) is 0.702. The molecule has 146 valence electrons. The minimum absolute atomic E-state index is 0.0732. The standard InChI is InChI=1S/C20H31NO5/c1-19(24-14-8-5-10-20(14)11-6-9-15(20)25-19)17-16(18(22)23-2)13-7-3-4-12-21(13)26-17/h13-17H,3-12H2,1-2H3/t13-,14+,15+,16+,17+,20?/m0/s1. The van der Waals surface area contributed by atoms with Gasteiger partial charge in [-0.2, -0.15) is 5.06 Å². The number of ether oxygens (including phenoxy) is 3. The molecule has 3 saturated heterocycles. The summed E-state index contributed by atoms with van der Waals surface area (Å²) in [6.07, 6.45) is 10.2. The van der Waals surface area contributed by atoms with Gasteiger partial charge in [-0.05, 0) is 45.4 Å². The maximum atomic E-state index is 12.7. The number of carbonyl (C=O) groups is 1. The lowest BCUT2D eigenvalue weighted by Crippen LogP contribution is -2.61. The Kier molecular flexibility index (Phi) is 4.12. The van der Waals surface area contributed by atoms with E-state index in [-0.39, 0.29) is 35.6 Å². The summed E-state index contributed by atoms with van der Waals surface area (Å²) in [6.45, 7) is 2.86. The molecule has 0 aromatic rings. The van der Waals surface area contributed by atoms with Crippen molar-refractivity contribution in [3.05, 3.63) is 0 Å². The minimum Gasteiger partial charge on any atom is -0.469 e. The van der Waals surface area contributed by atoms with E-state index in [9.17, 15) is 4.79 Å². The van der Waals surface area contributed by atoms with Crippen LogP contribution in [0.2, 0.25) is 0 Å². The number of methoxy groups -OCH3 is 1. The molecule has 2 saturated carbocycles. The number of carbonyl (C=O) groups excluding carboxylic acids is 1. The molecule has 6 heteroatoms. The van der Waals surface area contributed by atoms with Crippen LogP contribution in [0, 0.1) is 11.3 Å². The van der Waals surface area contributed by atoms with Crippen LogP contribution in [0.25, 0.3) is 0 Å². The molecule has 0 amide bonds. The fourth-order valence-corrected chi connectivity index (χ4v) is 6.54. The summed E-state index contributed by atoms with van der Waals surface area (Å²) in [5, 5.41) is 2.00. The van der Waals surface area contributed by atoms with Crippen LogP contribution >= 0.6 is 0 Å².